The van der Waals surface area contributed by atoms with E-state index in [1.165, 1.54) is 7.05 Å². The zero-order valence-corrected chi connectivity index (χ0v) is 10.4. The number of alkyl halides is 3. The van der Waals surface area contributed by atoms with Crippen LogP contribution in [0.5, 0.6) is 0 Å². The zero-order valence-electron chi connectivity index (χ0n) is 9.59. The molecule has 0 radical (unpaired) electrons. The lowest BCUT2D eigenvalue weighted by molar-refractivity contribution is -0.206. The van der Waals surface area contributed by atoms with Crippen LogP contribution >= 0.6 is 11.8 Å². The third-order valence-electron chi connectivity index (χ3n) is 2.44. The van der Waals surface area contributed by atoms with Crippen molar-refractivity contribution in [1.82, 2.24) is 0 Å². The molecule has 1 rings (SSSR count). The largest absolute Gasteiger partial charge is 0.391 e. The summed E-state index contributed by atoms with van der Waals surface area (Å²) in [5.74, 6) is 0. The van der Waals surface area contributed by atoms with Gasteiger partial charge < -0.3 is 20.7 Å². The highest BCUT2D eigenvalue weighted by Crippen LogP contribution is 2.33. The molecule has 0 amide bonds. The molecule has 1 saturated heterocycles. The lowest BCUT2D eigenvalue weighted by Crippen LogP contribution is -2.49. The third-order valence-corrected chi connectivity index (χ3v) is 3.43. The summed E-state index contributed by atoms with van der Waals surface area (Å²) in [6, 6.07) is 0. The Morgan fingerprint density at radius 3 is 2.61 bits per heavy atom. The molecule has 1 fully saturated rings. The fourth-order valence-electron chi connectivity index (χ4n) is 1.58. The number of rotatable bonds is 2. The lowest BCUT2D eigenvalue weighted by Gasteiger charge is -2.37. The van der Waals surface area contributed by atoms with E-state index in [4.69, 9.17) is 10.5 Å². The quantitative estimate of drug-likeness (QED) is 0.507. The molecule has 0 saturated carbocycles. The number of nitrogens with zero attached hydrogens (tertiary/aromatic N) is 1. The molecule has 4 N–H and O–H groups in total. The number of nitrogens with two attached hydrogens (primary N) is 1. The summed E-state index contributed by atoms with van der Waals surface area (Å²) >= 11 is 0.923. The van der Waals surface area contributed by atoms with Crippen molar-refractivity contribution in [2.45, 2.75) is 42.8 Å². The summed E-state index contributed by atoms with van der Waals surface area (Å²) in [6.07, 6.45) is -10.1. The maximum atomic E-state index is 12.3. The number of ether oxygens (including phenoxy) is 1. The topological polar surface area (TPSA) is 88.1 Å². The Kier molecular flexibility index (Phi) is 5.26. The molecule has 0 spiro atoms. The number of halogens is 3. The van der Waals surface area contributed by atoms with Crippen LogP contribution < -0.4 is 5.73 Å². The molecule has 1 heterocycles. The highest BCUT2D eigenvalue weighted by atomic mass is 32.2. The second-order valence-corrected chi connectivity index (χ2v) is 5.08. The average molecular weight is 288 g/mol. The summed E-state index contributed by atoms with van der Waals surface area (Å²) in [5, 5.41) is 19.1. The van der Waals surface area contributed by atoms with Crippen molar-refractivity contribution in [1.29, 1.82) is 0 Å². The maximum Gasteiger partial charge on any atom is 0.391 e. The molecule has 0 bridgehead atoms. The predicted octanol–water partition coefficient (Wildman–Crippen LogP) is 0.453. The molecule has 9 heteroatoms. The normalized spacial score (nSPS) is 34.7. The molecule has 0 unspecified atom stereocenters. The van der Waals surface area contributed by atoms with Gasteiger partial charge in [-0.2, -0.15) is 13.2 Å². The predicted molar refractivity (Wildman–Crippen MR) is 61.1 cm³/mol. The van der Waals surface area contributed by atoms with E-state index in [0.29, 0.717) is 0 Å². The van der Waals surface area contributed by atoms with Crippen LogP contribution in [-0.2, 0) is 4.74 Å². The van der Waals surface area contributed by atoms with Gasteiger partial charge in [0, 0.05) is 13.5 Å². The van der Waals surface area contributed by atoms with Gasteiger partial charge in [0.1, 0.15) is 11.5 Å². The lowest BCUT2D eigenvalue weighted by atomic mass is 10.00. The van der Waals surface area contributed by atoms with Gasteiger partial charge in [-0.25, -0.2) is 0 Å². The number of aliphatic hydroxyl groups excluding tert-OH is 2. The van der Waals surface area contributed by atoms with Crippen molar-refractivity contribution in [3.63, 3.8) is 0 Å². The molecule has 18 heavy (non-hydrogen) atoms. The number of hydrogen-bond donors (Lipinski definition) is 3. The van der Waals surface area contributed by atoms with Crippen LogP contribution in [0.4, 0.5) is 13.2 Å². The number of hydrogen-bond acceptors (Lipinski definition) is 5. The fraction of sp³-hybridized carbons (Fsp3) is 0.889. The molecule has 0 aromatic heterocycles. The number of thioether (sulfide) groups is 1. The first kappa shape index (κ1) is 15.5. The van der Waals surface area contributed by atoms with Gasteiger partial charge in [-0.3, -0.25) is 4.99 Å². The highest BCUT2D eigenvalue weighted by molar-refractivity contribution is 8.14. The molecule has 0 aromatic carbocycles. The first-order valence-corrected chi connectivity index (χ1v) is 6.08. The molecule has 1 aliphatic rings. The van der Waals surface area contributed by atoms with E-state index in [9.17, 15) is 23.4 Å². The minimum atomic E-state index is -4.47. The summed E-state index contributed by atoms with van der Waals surface area (Å²) in [7, 11) is 1.43. The fourth-order valence-corrected chi connectivity index (χ4v) is 2.44. The van der Waals surface area contributed by atoms with Gasteiger partial charge in [0.2, 0.25) is 0 Å². The van der Waals surface area contributed by atoms with Gasteiger partial charge in [0.15, 0.2) is 5.17 Å². The van der Waals surface area contributed by atoms with Crippen LogP contribution in [-0.4, -0.2) is 52.4 Å². The Balaban J connectivity index is 2.66. The molecular formula is C9H15F3N2O3S. The summed E-state index contributed by atoms with van der Waals surface area (Å²) in [6.45, 7) is 0. The van der Waals surface area contributed by atoms with Crippen LogP contribution in [0.3, 0.4) is 0 Å². The SMILES string of the molecule is CN=C(N)S[C@@H]1C[C@@H](O)[C@H](O)[C@@H](CC(F)(F)F)O1. The minimum Gasteiger partial charge on any atom is -0.390 e. The van der Waals surface area contributed by atoms with Crippen molar-refractivity contribution >= 4 is 16.9 Å². The van der Waals surface area contributed by atoms with Crippen LogP contribution in [0.25, 0.3) is 0 Å². The Morgan fingerprint density at radius 2 is 2.11 bits per heavy atom. The first-order valence-electron chi connectivity index (χ1n) is 5.20. The summed E-state index contributed by atoms with van der Waals surface area (Å²) < 4.78 is 41.9. The number of aliphatic imine (C=N–C) groups is 1. The van der Waals surface area contributed by atoms with Gasteiger partial charge in [-0.1, -0.05) is 11.8 Å². The first-order chi connectivity index (χ1) is 8.23. The third kappa shape index (κ3) is 4.63. The van der Waals surface area contributed by atoms with Crippen molar-refractivity contribution in [2.24, 2.45) is 10.7 Å². The Labute approximate surface area is 106 Å². The van der Waals surface area contributed by atoms with Crippen molar-refractivity contribution in [3.8, 4) is 0 Å². The molecule has 0 aliphatic carbocycles. The van der Waals surface area contributed by atoms with Gasteiger partial charge in [-0.05, 0) is 0 Å². The number of amidine groups is 1. The molecule has 0 aromatic rings. The van der Waals surface area contributed by atoms with Crippen molar-refractivity contribution in [3.05, 3.63) is 0 Å². The highest BCUT2D eigenvalue weighted by Gasteiger charge is 2.43. The molecule has 4 atom stereocenters. The summed E-state index contributed by atoms with van der Waals surface area (Å²) in [5.41, 5.74) is 4.67. The van der Waals surface area contributed by atoms with Crippen LogP contribution in [0, 0.1) is 0 Å². The second kappa shape index (κ2) is 6.09. The Morgan fingerprint density at radius 1 is 1.50 bits per heavy atom. The van der Waals surface area contributed by atoms with Crippen LogP contribution in [0.15, 0.2) is 4.99 Å². The standard InChI is InChI=1S/C9H15F3N2O3S/c1-14-8(13)18-6-2-4(15)7(16)5(17-6)3-9(10,11)12/h4-7,15-16H,2-3H2,1H3,(H2,13,14)/t4-,5-,6-,7+/m1/s1. The second-order valence-electron chi connectivity index (χ2n) is 3.90. The van der Waals surface area contributed by atoms with Crippen LogP contribution in [0.1, 0.15) is 12.8 Å². The number of aliphatic hydroxyl groups is 2. The monoisotopic (exact) mass is 288 g/mol. The molecule has 106 valence electrons. The van der Waals surface area contributed by atoms with E-state index in [2.05, 4.69) is 4.99 Å². The average Bonchev–Trinajstić information content (AvgIpc) is 2.23. The molecule has 5 nitrogen and oxygen atoms in total. The summed E-state index contributed by atoms with van der Waals surface area (Å²) in [4.78, 5) is 3.64. The molecular weight excluding hydrogens is 273 g/mol. The van der Waals surface area contributed by atoms with E-state index in [-0.39, 0.29) is 11.6 Å². The van der Waals surface area contributed by atoms with Gasteiger partial charge in [0.25, 0.3) is 0 Å². The maximum absolute atomic E-state index is 12.3. The van der Waals surface area contributed by atoms with Crippen LogP contribution in [0.2, 0.25) is 0 Å². The minimum absolute atomic E-state index is 0.00356. The van der Waals surface area contributed by atoms with E-state index < -0.39 is 36.3 Å². The van der Waals surface area contributed by atoms with E-state index in [1.54, 1.807) is 0 Å². The van der Waals surface area contributed by atoms with E-state index in [0.717, 1.165) is 11.8 Å². The van der Waals surface area contributed by atoms with Gasteiger partial charge in [-0.15, -0.1) is 0 Å². The Hall–Kier alpha value is -0.510. The smallest absolute Gasteiger partial charge is 0.390 e. The van der Waals surface area contributed by atoms with Gasteiger partial charge >= 0.3 is 6.18 Å². The molecule has 1 aliphatic heterocycles. The zero-order chi connectivity index (χ0) is 13.9. The Bertz CT molecular complexity index is 314. The van der Waals surface area contributed by atoms with Crippen molar-refractivity contribution in [2.75, 3.05) is 7.05 Å². The van der Waals surface area contributed by atoms with Crippen molar-refractivity contribution < 1.29 is 28.1 Å². The van der Waals surface area contributed by atoms with Gasteiger partial charge in [0.05, 0.1) is 18.6 Å². The van der Waals surface area contributed by atoms with E-state index in [1.807, 2.05) is 0 Å². The van der Waals surface area contributed by atoms with E-state index >= 15 is 0 Å².